The van der Waals surface area contributed by atoms with Crippen LogP contribution in [0.2, 0.25) is 0 Å². The molecule has 0 aromatic carbocycles. The lowest BCUT2D eigenvalue weighted by Crippen LogP contribution is -2.49. The molecule has 0 saturated carbocycles. The van der Waals surface area contributed by atoms with Crippen LogP contribution >= 0.6 is 0 Å². The fourth-order valence-corrected chi connectivity index (χ4v) is 2.78. The van der Waals surface area contributed by atoms with E-state index in [4.69, 9.17) is 9.88 Å². The first-order chi connectivity index (χ1) is 9.21. The van der Waals surface area contributed by atoms with E-state index in [1.807, 2.05) is 6.92 Å². The van der Waals surface area contributed by atoms with Crippen molar-refractivity contribution in [1.29, 1.82) is 0 Å². The highest BCUT2D eigenvalue weighted by Crippen LogP contribution is 2.21. The van der Waals surface area contributed by atoms with Gasteiger partial charge in [0.1, 0.15) is 10.6 Å². The van der Waals surface area contributed by atoms with Crippen molar-refractivity contribution in [2.75, 3.05) is 13.2 Å². The summed E-state index contributed by atoms with van der Waals surface area (Å²) < 4.78 is 29.3. The molecule has 20 heavy (non-hydrogen) atoms. The number of sulfonamides is 1. The Morgan fingerprint density at radius 3 is 2.55 bits per heavy atom. The molecule has 1 aliphatic rings. The minimum atomic E-state index is -3.81. The molecule has 0 aliphatic carbocycles. The average Bonchev–Trinajstić information content (AvgIpc) is 2.71. The molecule has 0 bridgehead atoms. The summed E-state index contributed by atoms with van der Waals surface area (Å²) in [6, 6.07) is 1.29. The van der Waals surface area contributed by atoms with Crippen LogP contribution in [0.3, 0.4) is 0 Å². The summed E-state index contributed by atoms with van der Waals surface area (Å²) in [7, 11) is -2.20. The van der Waals surface area contributed by atoms with Gasteiger partial charge in [0.2, 0.25) is 10.0 Å². The van der Waals surface area contributed by atoms with Crippen molar-refractivity contribution in [2.24, 2.45) is 12.2 Å². The quantitative estimate of drug-likeness (QED) is 0.818. The van der Waals surface area contributed by atoms with E-state index in [0.29, 0.717) is 13.2 Å². The molecule has 0 radical (unpaired) electrons. The van der Waals surface area contributed by atoms with Gasteiger partial charge in [-0.2, -0.15) is 0 Å². The molecule has 1 aliphatic heterocycles. The number of carbonyl (C=O) groups is 1. The first-order valence-electron chi connectivity index (χ1n) is 6.31. The van der Waals surface area contributed by atoms with Crippen molar-refractivity contribution in [1.82, 2.24) is 9.88 Å². The lowest BCUT2D eigenvalue weighted by molar-refractivity contribution is 0.0420. The first kappa shape index (κ1) is 15.0. The number of amides is 1. The maximum absolute atomic E-state index is 12.3. The molecule has 1 fully saturated rings. The number of hydrogen-bond acceptors (Lipinski definition) is 4. The van der Waals surface area contributed by atoms with Gasteiger partial charge in [-0.25, -0.2) is 13.6 Å². The van der Waals surface area contributed by atoms with Crippen LogP contribution in [-0.2, 0) is 21.8 Å². The molecule has 3 N–H and O–H groups in total. The predicted molar refractivity (Wildman–Crippen MR) is 72.7 cm³/mol. The van der Waals surface area contributed by atoms with Gasteiger partial charge < -0.3 is 14.6 Å². The van der Waals surface area contributed by atoms with Crippen LogP contribution in [0.15, 0.2) is 17.2 Å². The first-order valence-corrected chi connectivity index (χ1v) is 7.85. The number of primary sulfonamides is 1. The smallest absolute Gasteiger partial charge is 0.268 e. The zero-order valence-electron chi connectivity index (χ0n) is 11.5. The molecule has 7 nitrogen and oxygen atoms in total. The van der Waals surface area contributed by atoms with Gasteiger partial charge >= 0.3 is 0 Å². The monoisotopic (exact) mass is 301 g/mol. The SMILES string of the molecule is Cn1cc(S(N)(=O)=O)cc1C(=O)NC1(C)CCOCC1. The van der Waals surface area contributed by atoms with Crippen molar-refractivity contribution < 1.29 is 17.9 Å². The molecular formula is C12H19N3O4S. The summed E-state index contributed by atoms with van der Waals surface area (Å²) in [6.07, 6.45) is 2.78. The van der Waals surface area contributed by atoms with Crippen LogP contribution in [0.5, 0.6) is 0 Å². The molecular weight excluding hydrogens is 282 g/mol. The molecule has 1 amide bonds. The molecule has 2 rings (SSSR count). The molecule has 0 atom stereocenters. The number of rotatable bonds is 3. The van der Waals surface area contributed by atoms with Crippen LogP contribution in [0.4, 0.5) is 0 Å². The Bertz CT molecular complexity index is 615. The van der Waals surface area contributed by atoms with Crippen LogP contribution in [0.25, 0.3) is 0 Å². The number of aromatic nitrogens is 1. The lowest BCUT2D eigenvalue weighted by Gasteiger charge is -2.34. The van der Waals surface area contributed by atoms with Gasteiger partial charge in [-0.15, -0.1) is 0 Å². The van der Waals surface area contributed by atoms with Crippen molar-refractivity contribution >= 4 is 15.9 Å². The van der Waals surface area contributed by atoms with Crippen LogP contribution in [0.1, 0.15) is 30.3 Å². The van der Waals surface area contributed by atoms with E-state index in [2.05, 4.69) is 5.32 Å². The second-order valence-electron chi connectivity index (χ2n) is 5.34. The Morgan fingerprint density at radius 1 is 1.45 bits per heavy atom. The molecule has 1 aromatic rings. The summed E-state index contributed by atoms with van der Waals surface area (Å²) >= 11 is 0. The highest BCUT2D eigenvalue weighted by Gasteiger charge is 2.30. The van der Waals surface area contributed by atoms with Crippen molar-refractivity contribution in [3.63, 3.8) is 0 Å². The maximum atomic E-state index is 12.3. The van der Waals surface area contributed by atoms with Gasteiger partial charge in [-0.1, -0.05) is 0 Å². The third-order valence-corrected chi connectivity index (χ3v) is 4.43. The van der Waals surface area contributed by atoms with E-state index in [0.717, 1.165) is 12.8 Å². The van der Waals surface area contributed by atoms with E-state index in [9.17, 15) is 13.2 Å². The number of aryl methyl sites for hydroxylation is 1. The number of nitrogens with one attached hydrogen (secondary N) is 1. The van der Waals surface area contributed by atoms with Crippen molar-refractivity contribution in [3.8, 4) is 0 Å². The molecule has 8 heteroatoms. The highest BCUT2D eigenvalue weighted by molar-refractivity contribution is 7.89. The predicted octanol–water partition coefficient (Wildman–Crippen LogP) is -0.0286. The summed E-state index contributed by atoms with van der Waals surface area (Å²) in [4.78, 5) is 12.2. The zero-order chi connectivity index (χ0) is 15.0. The van der Waals surface area contributed by atoms with Gasteiger partial charge in [-0.05, 0) is 25.8 Å². The molecule has 1 aromatic heterocycles. The van der Waals surface area contributed by atoms with Gasteiger partial charge in [-0.3, -0.25) is 4.79 Å². The van der Waals surface area contributed by atoms with Gasteiger partial charge in [0, 0.05) is 32.0 Å². The minimum absolute atomic E-state index is 0.0673. The number of hydrogen-bond donors (Lipinski definition) is 2. The number of nitrogens with zero attached hydrogens (tertiary/aromatic N) is 1. The molecule has 112 valence electrons. The topological polar surface area (TPSA) is 103 Å². The lowest BCUT2D eigenvalue weighted by atomic mass is 9.92. The minimum Gasteiger partial charge on any atom is -0.381 e. The van der Waals surface area contributed by atoms with E-state index in [-0.39, 0.29) is 22.0 Å². The van der Waals surface area contributed by atoms with Gasteiger partial charge in [0.15, 0.2) is 0 Å². The zero-order valence-corrected chi connectivity index (χ0v) is 12.4. The third kappa shape index (κ3) is 3.20. The summed E-state index contributed by atoms with van der Waals surface area (Å²) in [5.41, 5.74) is -0.0665. The standard InChI is InChI=1S/C12H19N3O4S/c1-12(3-5-19-6-4-12)14-11(16)10-7-9(8-15(10)2)20(13,17)18/h7-8H,3-6H2,1-2H3,(H,14,16)(H2,13,17,18). The number of nitrogens with two attached hydrogens (primary N) is 1. The van der Waals surface area contributed by atoms with Crippen molar-refractivity contribution in [3.05, 3.63) is 18.0 Å². The van der Waals surface area contributed by atoms with Crippen LogP contribution < -0.4 is 10.5 Å². The fraction of sp³-hybridized carbons (Fsp3) is 0.583. The second-order valence-corrected chi connectivity index (χ2v) is 6.91. The van der Waals surface area contributed by atoms with E-state index in [1.165, 1.54) is 16.8 Å². The summed E-state index contributed by atoms with van der Waals surface area (Å²) in [6.45, 7) is 3.16. The Balaban J connectivity index is 2.19. The van der Waals surface area contributed by atoms with Crippen molar-refractivity contribution in [2.45, 2.75) is 30.2 Å². The second kappa shape index (κ2) is 5.19. The highest BCUT2D eigenvalue weighted by atomic mass is 32.2. The Morgan fingerprint density at radius 2 is 2.05 bits per heavy atom. The van der Waals surface area contributed by atoms with Gasteiger partial charge in [0.25, 0.3) is 5.91 Å². The fourth-order valence-electron chi connectivity index (χ4n) is 2.20. The summed E-state index contributed by atoms with van der Waals surface area (Å²) in [5, 5.41) is 8.00. The normalized spacial score (nSPS) is 18.8. The Kier molecular flexibility index (Phi) is 3.90. The summed E-state index contributed by atoms with van der Waals surface area (Å²) in [5.74, 6) is -0.313. The van der Waals surface area contributed by atoms with Crippen LogP contribution in [-0.4, -0.2) is 37.6 Å². The maximum Gasteiger partial charge on any atom is 0.268 e. The number of carbonyl (C=O) groups excluding carboxylic acids is 1. The molecule has 1 saturated heterocycles. The van der Waals surface area contributed by atoms with E-state index in [1.54, 1.807) is 7.05 Å². The van der Waals surface area contributed by atoms with E-state index < -0.39 is 10.0 Å². The molecule has 0 spiro atoms. The Labute approximate surface area is 118 Å². The molecule has 0 unspecified atom stereocenters. The third-order valence-electron chi connectivity index (χ3n) is 3.55. The number of ether oxygens (including phenoxy) is 1. The van der Waals surface area contributed by atoms with Crippen LogP contribution in [0, 0.1) is 0 Å². The average molecular weight is 301 g/mol. The molecule has 2 heterocycles. The van der Waals surface area contributed by atoms with E-state index >= 15 is 0 Å². The Hall–Kier alpha value is -1.38. The van der Waals surface area contributed by atoms with Gasteiger partial charge in [0.05, 0.1) is 0 Å². The largest absolute Gasteiger partial charge is 0.381 e.